The number of nitrogens with one attached hydrogen (secondary N) is 1. The van der Waals surface area contributed by atoms with E-state index in [1.165, 1.54) is 12.1 Å². The molecule has 0 unspecified atom stereocenters. The molecule has 0 fully saturated rings. The third-order valence-corrected chi connectivity index (χ3v) is 3.52. The van der Waals surface area contributed by atoms with Crippen LogP contribution in [0.1, 0.15) is 10.4 Å². The Morgan fingerprint density at radius 2 is 1.81 bits per heavy atom. The van der Waals surface area contributed by atoms with Crippen molar-refractivity contribution in [1.82, 2.24) is 10.2 Å². The van der Waals surface area contributed by atoms with Crippen LogP contribution in [0.25, 0.3) is 10.8 Å². The van der Waals surface area contributed by atoms with Crippen molar-refractivity contribution in [2.45, 2.75) is 0 Å². The molecule has 3 rings (SSSR count). The predicted molar refractivity (Wildman–Crippen MR) is 103 cm³/mol. The monoisotopic (exact) mass is 440 g/mol. The lowest BCUT2D eigenvalue weighted by molar-refractivity contribution is 0.111. The van der Waals surface area contributed by atoms with Crippen LogP contribution in [-0.2, 0) is 4.74 Å². The minimum atomic E-state index is -0.634. The summed E-state index contributed by atoms with van der Waals surface area (Å²) in [6.45, 7) is 0. The topological polar surface area (TPSA) is 102 Å². The third kappa shape index (κ3) is 5.95. The van der Waals surface area contributed by atoms with E-state index in [1.807, 2.05) is 0 Å². The maximum atomic E-state index is 13.3. The van der Waals surface area contributed by atoms with Crippen LogP contribution in [0.4, 0.5) is 4.39 Å². The molecule has 7 nitrogen and oxygen atoms in total. The van der Waals surface area contributed by atoms with Gasteiger partial charge < -0.3 is 14.6 Å². The number of fused-ring (bicyclic) bond motifs is 1. The molecule has 3 aromatic rings. The van der Waals surface area contributed by atoms with Gasteiger partial charge in [-0.3, -0.25) is 9.59 Å². The van der Waals surface area contributed by atoms with Gasteiger partial charge in [0.05, 0.1) is 16.3 Å². The lowest BCUT2D eigenvalue weighted by Gasteiger charge is -2.08. The van der Waals surface area contributed by atoms with Crippen molar-refractivity contribution in [3.05, 3.63) is 62.6 Å². The zero-order valence-corrected chi connectivity index (χ0v) is 16.4. The van der Waals surface area contributed by atoms with Crippen LogP contribution in [0, 0.1) is 5.82 Å². The van der Waals surface area contributed by atoms with Crippen LogP contribution >= 0.6 is 15.9 Å². The molecule has 0 aliphatic heterocycles. The fraction of sp³-hybridized carbons (Fsp3) is 0.167. The Bertz CT molecular complexity index is 962. The molecule has 144 valence electrons. The van der Waals surface area contributed by atoms with Crippen molar-refractivity contribution >= 4 is 33.0 Å². The summed E-state index contributed by atoms with van der Waals surface area (Å²) in [5.74, 6) is -0.233. The van der Waals surface area contributed by atoms with Crippen LogP contribution < -0.4 is 10.3 Å². The van der Waals surface area contributed by atoms with Gasteiger partial charge in [0, 0.05) is 25.8 Å². The number of H-pyrrole nitrogens is 1. The van der Waals surface area contributed by atoms with Crippen molar-refractivity contribution in [3.8, 4) is 11.6 Å². The van der Waals surface area contributed by atoms with Gasteiger partial charge in [-0.15, -0.1) is 5.10 Å². The average Bonchev–Trinajstić information content (AvgIpc) is 2.68. The van der Waals surface area contributed by atoms with E-state index in [9.17, 15) is 14.0 Å². The van der Waals surface area contributed by atoms with Crippen molar-refractivity contribution in [2.75, 3.05) is 21.3 Å². The summed E-state index contributed by atoms with van der Waals surface area (Å²) in [5, 5.41) is 14.1. The highest BCUT2D eigenvalue weighted by molar-refractivity contribution is 9.10. The first kappa shape index (κ1) is 22.4. The molecule has 9 heteroatoms. The first-order chi connectivity index (χ1) is 13.0. The first-order valence-electron chi connectivity index (χ1n) is 7.45. The van der Waals surface area contributed by atoms with Crippen molar-refractivity contribution < 1.29 is 23.8 Å². The highest BCUT2D eigenvalue weighted by Crippen LogP contribution is 2.28. The molecule has 0 spiro atoms. The zero-order valence-electron chi connectivity index (χ0n) is 14.8. The molecule has 0 saturated heterocycles. The van der Waals surface area contributed by atoms with Crippen LogP contribution in [0.15, 0.2) is 45.7 Å². The van der Waals surface area contributed by atoms with Gasteiger partial charge in [0.1, 0.15) is 11.6 Å². The van der Waals surface area contributed by atoms with Crippen LogP contribution in [0.5, 0.6) is 11.6 Å². The van der Waals surface area contributed by atoms with Crippen molar-refractivity contribution in [3.63, 3.8) is 0 Å². The van der Waals surface area contributed by atoms with Gasteiger partial charge in [-0.1, -0.05) is 15.9 Å². The van der Waals surface area contributed by atoms with E-state index in [1.54, 1.807) is 32.4 Å². The van der Waals surface area contributed by atoms with E-state index in [4.69, 9.17) is 9.84 Å². The Kier molecular flexibility index (Phi) is 9.27. The summed E-state index contributed by atoms with van der Waals surface area (Å²) >= 11 is 3.29. The van der Waals surface area contributed by atoms with Crippen molar-refractivity contribution in [1.29, 1.82) is 0 Å². The smallest absolute Gasteiger partial charge is 0.272 e. The number of aliphatic hydroxyl groups excluding tert-OH is 1. The number of hydrogen-bond donors (Lipinski definition) is 2. The fourth-order valence-electron chi connectivity index (χ4n) is 1.98. The third-order valence-electron chi connectivity index (χ3n) is 3.02. The number of aldehydes is 1. The summed E-state index contributed by atoms with van der Waals surface area (Å²) in [6, 6.07) is 8.84. The number of hydrogen-bond acceptors (Lipinski definition) is 6. The first-order valence-corrected chi connectivity index (χ1v) is 8.24. The molecule has 0 aliphatic rings. The predicted octanol–water partition coefficient (Wildman–Crippen LogP) is 3.30. The van der Waals surface area contributed by atoms with Crippen LogP contribution in [0.2, 0.25) is 0 Å². The quantitative estimate of drug-likeness (QED) is 0.605. The maximum Gasteiger partial charge on any atom is 0.272 e. The molecule has 0 aliphatic carbocycles. The Balaban J connectivity index is 0.000000665. The number of rotatable bonds is 3. The molecule has 2 aromatic carbocycles. The second-order valence-corrected chi connectivity index (χ2v) is 5.77. The number of halogens is 2. The molecule has 0 saturated carbocycles. The molecule has 0 atom stereocenters. The molecule has 1 aromatic heterocycles. The molecule has 2 N–H and O–H groups in total. The van der Waals surface area contributed by atoms with E-state index in [0.717, 1.165) is 17.6 Å². The number of carbonyl (C=O) groups excluding carboxylic acids is 1. The normalized spacial score (nSPS) is 9.56. The number of nitrogens with zero attached hydrogens (tertiary/aromatic N) is 1. The summed E-state index contributed by atoms with van der Waals surface area (Å²) in [7, 11) is 4.25. The second-order valence-electron chi connectivity index (χ2n) is 4.86. The Morgan fingerprint density at radius 1 is 1.15 bits per heavy atom. The number of ether oxygens (including phenoxy) is 2. The molecule has 27 heavy (non-hydrogen) atoms. The van der Waals surface area contributed by atoms with E-state index >= 15 is 0 Å². The van der Waals surface area contributed by atoms with Gasteiger partial charge in [-0.2, -0.15) is 0 Å². The van der Waals surface area contributed by atoms with Gasteiger partial charge in [0.2, 0.25) is 5.88 Å². The van der Waals surface area contributed by atoms with E-state index in [-0.39, 0.29) is 22.8 Å². The summed E-state index contributed by atoms with van der Waals surface area (Å²) in [6.07, 6.45) is 0.401. The highest BCUT2D eigenvalue weighted by atomic mass is 79.9. The maximum absolute atomic E-state index is 13.3. The number of carbonyl (C=O) groups is 1. The minimum absolute atomic E-state index is 0.117. The molecule has 0 bridgehead atoms. The SMILES string of the molecule is CO.COC.O=Cc1cc(Oc2n[nH]c(=O)c3cc(Br)ccc23)ccc1F. The molecular weight excluding hydrogens is 423 g/mol. The fourth-order valence-corrected chi connectivity index (χ4v) is 2.34. The number of methoxy groups -OCH3 is 1. The molecular formula is C18H18BrFN2O5. The lowest BCUT2D eigenvalue weighted by atomic mass is 10.2. The van der Waals surface area contributed by atoms with Gasteiger partial charge in [-0.25, -0.2) is 9.49 Å². The van der Waals surface area contributed by atoms with E-state index in [0.29, 0.717) is 17.1 Å². The summed E-state index contributed by atoms with van der Waals surface area (Å²) in [5.41, 5.74) is -0.467. The van der Waals surface area contributed by atoms with Gasteiger partial charge >= 0.3 is 0 Å². The number of aromatic amines is 1. The number of benzene rings is 2. The Labute approximate surface area is 162 Å². The Hall–Kier alpha value is -2.62. The van der Waals surface area contributed by atoms with Crippen LogP contribution in [0.3, 0.4) is 0 Å². The summed E-state index contributed by atoms with van der Waals surface area (Å²) in [4.78, 5) is 22.6. The average molecular weight is 441 g/mol. The molecule has 1 heterocycles. The Morgan fingerprint density at radius 3 is 2.44 bits per heavy atom. The van der Waals surface area contributed by atoms with Gasteiger partial charge in [0.25, 0.3) is 5.56 Å². The molecule has 0 radical (unpaired) electrons. The standard InChI is InChI=1S/C15H8BrFN2O3.C2H6O.CH4O/c16-9-1-3-11-12(6-9)14(21)18-19-15(11)22-10-2-4-13(17)8(5-10)7-20;1-3-2;1-2/h1-7H,(H,18,21);1-2H3;2H,1H3. The van der Waals surface area contributed by atoms with Crippen LogP contribution in [-0.4, -0.2) is 42.9 Å². The lowest BCUT2D eigenvalue weighted by Crippen LogP contribution is -2.09. The van der Waals surface area contributed by atoms with Gasteiger partial charge in [-0.05, 0) is 36.4 Å². The zero-order chi connectivity index (χ0) is 20.4. The number of aliphatic hydroxyl groups is 1. The van der Waals surface area contributed by atoms with E-state index < -0.39 is 5.82 Å². The largest absolute Gasteiger partial charge is 0.437 e. The summed E-state index contributed by atoms with van der Waals surface area (Å²) < 4.78 is 23.9. The van der Waals surface area contributed by atoms with Crippen molar-refractivity contribution in [2.24, 2.45) is 0 Å². The minimum Gasteiger partial charge on any atom is -0.437 e. The van der Waals surface area contributed by atoms with E-state index in [2.05, 4.69) is 30.9 Å². The molecule has 0 amide bonds. The van der Waals surface area contributed by atoms with Gasteiger partial charge in [0.15, 0.2) is 6.29 Å². The number of aromatic nitrogens is 2. The highest BCUT2D eigenvalue weighted by Gasteiger charge is 2.10. The second kappa shape index (κ2) is 11.2.